The van der Waals surface area contributed by atoms with E-state index < -0.39 is 6.04 Å². The van der Waals surface area contributed by atoms with Crippen LogP contribution in [0.1, 0.15) is 17.8 Å². The topological polar surface area (TPSA) is 38.3 Å². The summed E-state index contributed by atoms with van der Waals surface area (Å²) in [7, 11) is 0. The molecule has 1 N–H and O–H groups in total. The smallest absolute Gasteiger partial charge is 0.334 e. The quantitative estimate of drug-likeness (QED) is 0.695. The lowest BCUT2D eigenvalue weighted by Gasteiger charge is -2.17. The van der Waals surface area contributed by atoms with Gasteiger partial charge in [0.05, 0.1) is 6.61 Å². The van der Waals surface area contributed by atoms with Gasteiger partial charge in [-0.1, -0.05) is 22.0 Å². The molecule has 6 heteroatoms. The predicted molar refractivity (Wildman–Crippen MR) is 89.2 cm³/mol. The van der Waals surface area contributed by atoms with E-state index in [2.05, 4.69) is 37.2 Å². The van der Waals surface area contributed by atoms with Crippen molar-refractivity contribution in [3.63, 3.8) is 0 Å². The highest BCUT2D eigenvalue weighted by Gasteiger charge is 2.23. The zero-order valence-corrected chi connectivity index (χ0v) is 14.7. The Balaban J connectivity index is 2.25. The van der Waals surface area contributed by atoms with Crippen molar-refractivity contribution in [2.75, 3.05) is 11.9 Å². The lowest BCUT2D eigenvalue weighted by atomic mass is 10.2. The molecule has 1 aromatic carbocycles. The Morgan fingerprint density at radius 2 is 2.15 bits per heavy atom. The molecule has 2 rings (SSSR count). The average molecular weight is 419 g/mol. The molecule has 0 fully saturated rings. The van der Waals surface area contributed by atoms with E-state index in [9.17, 15) is 4.79 Å². The van der Waals surface area contributed by atoms with Gasteiger partial charge in [0.2, 0.25) is 0 Å². The monoisotopic (exact) mass is 417 g/mol. The summed E-state index contributed by atoms with van der Waals surface area (Å²) in [6.45, 7) is 2.17. The molecular weight excluding hydrogens is 406 g/mol. The maximum atomic E-state index is 12.1. The molecule has 1 unspecified atom stereocenters. The van der Waals surface area contributed by atoms with Gasteiger partial charge in [-0.15, -0.1) is 11.3 Å². The average Bonchev–Trinajstić information content (AvgIpc) is 2.83. The molecule has 0 saturated carbocycles. The van der Waals surface area contributed by atoms with E-state index in [4.69, 9.17) is 4.74 Å². The predicted octanol–water partition coefficient (Wildman–Crippen LogP) is 4.99. The first-order chi connectivity index (χ1) is 9.60. The van der Waals surface area contributed by atoms with Gasteiger partial charge in [-0.05, 0) is 47.1 Å². The molecule has 0 spiro atoms. The van der Waals surface area contributed by atoms with Crippen molar-refractivity contribution < 1.29 is 9.53 Å². The van der Waals surface area contributed by atoms with Crippen LogP contribution in [-0.4, -0.2) is 12.6 Å². The van der Waals surface area contributed by atoms with Gasteiger partial charge in [-0.25, -0.2) is 4.79 Å². The summed E-state index contributed by atoms with van der Waals surface area (Å²) in [5.41, 5.74) is 0.863. The molecule has 0 aliphatic carbocycles. The van der Waals surface area contributed by atoms with E-state index in [0.717, 1.165) is 19.5 Å². The summed E-state index contributed by atoms with van der Waals surface area (Å²) in [5.74, 6) is -0.276. The summed E-state index contributed by atoms with van der Waals surface area (Å²) >= 11 is 8.34. The molecule has 0 bridgehead atoms. The van der Waals surface area contributed by atoms with Gasteiger partial charge in [0.15, 0.2) is 6.04 Å². The minimum absolute atomic E-state index is 0.276. The first-order valence-corrected chi connectivity index (χ1v) is 8.49. The van der Waals surface area contributed by atoms with Gasteiger partial charge < -0.3 is 10.1 Å². The second-order valence-electron chi connectivity index (χ2n) is 4.01. The number of halogens is 2. The molecule has 1 aromatic heterocycles. The second-order valence-corrected chi connectivity index (χ2v) is 6.78. The SMILES string of the molecule is CCOC(=O)C(Nc1cccc(Br)c1)c1cc(Br)cs1. The van der Waals surface area contributed by atoms with Crippen molar-refractivity contribution in [3.8, 4) is 0 Å². The largest absolute Gasteiger partial charge is 0.464 e. The van der Waals surface area contributed by atoms with E-state index >= 15 is 0 Å². The van der Waals surface area contributed by atoms with Gasteiger partial charge >= 0.3 is 5.97 Å². The summed E-state index contributed by atoms with van der Waals surface area (Å²) in [6.07, 6.45) is 0. The lowest BCUT2D eigenvalue weighted by Crippen LogP contribution is -2.22. The summed E-state index contributed by atoms with van der Waals surface area (Å²) in [5, 5.41) is 5.17. The zero-order chi connectivity index (χ0) is 14.5. The van der Waals surface area contributed by atoms with Crippen LogP contribution >= 0.6 is 43.2 Å². The van der Waals surface area contributed by atoms with Crippen molar-refractivity contribution >= 4 is 54.9 Å². The minimum atomic E-state index is -0.499. The minimum Gasteiger partial charge on any atom is -0.464 e. The van der Waals surface area contributed by atoms with Crippen molar-refractivity contribution in [1.29, 1.82) is 0 Å². The van der Waals surface area contributed by atoms with Crippen LogP contribution in [0.2, 0.25) is 0 Å². The molecule has 0 amide bonds. The fourth-order valence-corrected chi connectivity index (χ4v) is 3.58. The van der Waals surface area contributed by atoms with Crippen molar-refractivity contribution in [1.82, 2.24) is 0 Å². The number of carbonyl (C=O) groups is 1. The summed E-state index contributed by atoms with van der Waals surface area (Å²) < 4.78 is 7.07. The number of hydrogen-bond donors (Lipinski definition) is 1. The van der Waals surface area contributed by atoms with Crippen LogP contribution in [0.3, 0.4) is 0 Å². The molecule has 106 valence electrons. The third-order valence-electron chi connectivity index (χ3n) is 2.53. The Morgan fingerprint density at radius 1 is 1.35 bits per heavy atom. The van der Waals surface area contributed by atoms with Gasteiger partial charge in [-0.2, -0.15) is 0 Å². The highest BCUT2D eigenvalue weighted by atomic mass is 79.9. The van der Waals surface area contributed by atoms with Crippen LogP contribution < -0.4 is 5.32 Å². The molecule has 1 atom stereocenters. The molecule has 0 saturated heterocycles. The van der Waals surface area contributed by atoms with E-state index in [1.54, 1.807) is 6.92 Å². The molecule has 0 aliphatic rings. The van der Waals surface area contributed by atoms with Crippen LogP contribution in [0.4, 0.5) is 5.69 Å². The van der Waals surface area contributed by atoms with Gasteiger partial charge in [-0.3, -0.25) is 0 Å². The Hall–Kier alpha value is -0.850. The Morgan fingerprint density at radius 3 is 2.75 bits per heavy atom. The van der Waals surface area contributed by atoms with Gasteiger partial charge in [0.25, 0.3) is 0 Å². The van der Waals surface area contributed by atoms with E-state index in [-0.39, 0.29) is 5.97 Å². The molecular formula is C14H13Br2NO2S. The van der Waals surface area contributed by atoms with Crippen LogP contribution in [-0.2, 0) is 9.53 Å². The van der Waals surface area contributed by atoms with Crippen molar-refractivity contribution in [2.45, 2.75) is 13.0 Å². The lowest BCUT2D eigenvalue weighted by molar-refractivity contribution is -0.144. The van der Waals surface area contributed by atoms with Crippen LogP contribution in [0.5, 0.6) is 0 Å². The number of anilines is 1. The maximum absolute atomic E-state index is 12.1. The second kappa shape index (κ2) is 7.24. The van der Waals surface area contributed by atoms with Crippen molar-refractivity contribution in [3.05, 3.63) is 49.5 Å². The van der Waals surface area contributed by atoms with E-state index in [0.29, 0.717) is 6.61 Å². The fourth-order valence-electron chi connectivity index (χ4n) is 1.70. The number of esters is 1. The normalized spacial score (nSPS) is 11.9. The first-order valence-electron chi connectivity index (χ1n) is 6.03. The molecule has 1 heterocycles. The zero-order valence-electron chi connectivity index (χ0n) is 10.7. The van der Waals surface area contributed by atoms with Crippen LogP contribution in [0, 0.1) is 0 Å². The molecule has 2 aromatic rings. The number of carbonyl (C=O) groups excluding carboxylic acids is 1. The fraction of sp³-hybridized carbons (Fsp3) is 0.214. The van der Waals surface area contributed by atoms with E-state index in [1.165, 1.54) is 11.3 Å². The standard InChI is InChI=1S/C14H13Br2NO2S/c1-2-19-14(18)13(12-7-10(16)8-20-12)17-11-5-3-4-9(15)6-11/h3-8,13,17H,2H2,1H3. The Labute approximate surface area is 138 Å². The highest BCUT2D eigenvalue weighted by molar-refractivity contribution is 9.10. The molecule has 0 aliphatic heterocycles. The van der Waals surface area contributed by atoms with Crippen LogP contribution in [0.15, 0.2) is 44.7 Å². The number of ether oxygens (including phenoxy) is 1. The number of nitrogens with one attached hydrogen (secondary N) is 1. The number of benzene rings is 1. The third kappa shape index (κ3) is 4.07. The number of rotatable bonds is 5. The Bertz CT molecular complexity index is 600. The van der Waals surface area contributed by atoms with Gasteiger partial charge in [0.1, 0.15) is 0 Å². The number of hydrogen-bond acceptors (Lipinski definition) is 4. The maximum Gasteiger partial charge on any atom is 0.334 e. The highest BCUT2D eigenvalue weighted by Crippen LogP contribution is 2.30. The third-order valence-corrected chi connectivity index (χ3v) is 4.78. The first kappa shape index (κ1) is 15.5. The Kier molecular flexibility index (Phi) is 5.63. The van der Waals surface area contributed by atoms with Crippen LogP contribution in [0.25, 0.3) is 0 Å². The molecule has 0 radical (unpaired) electrons. The van der Waals surface area contributed by atoms with E-state index in [1.807, 2.05) is 35.7 Å². The number of thiophene rings is 1. The molecule has 3 nitrogen and oxygen atoms in total. The molecule has 20 heavy (non-hydrogen) atoms. The summed E-state index contributed by atoms with van der Waals surface area (Å²) in [4.78, 5) is 13.0. The van der Waals surface area contributed by atoms with Crippen molar-refractivity contribution in [2.24, 2.45) is 0 Å². The summed E-state index contributed by atoms with van der Waals surface area (Å²) in [6, 6.07) is 9.12. The van der Waals surface area contributed by atoms with Gasteiger partial charge in [0, 0.05) is 24.9 Å².